The Balaban J connectivity index is 2.07. The molecule has 2 rings (SSSR count). The Labute approximate surface area is 147 Å². The van der Waals surface area contributed by atoms with Crippen molar-refractivity contribution in [2.45, 2.75) is 64.5 Å². The number of nitrogens with one attached hydrogen (secondary N) is 1. The number of amides is 4. The molecule has 2 aliphatic rings. The highest BCUT2D eigenvalue weighted by molar-refractivity contribution is 6.09. The van der Waals surface area contributed by atoms with Crippen LogP contribution in [0.25, 0.3) is 0 Å². The van der Waals surface area contributed by atoms with Gasteiger partial charge in [-0.1, -0.05) is 13.3 Å². The van der Waals surface area contributed by atoms with Crippen LogP contribution in [0.4, 0.5) is 4.79 Å². The summed E-state index contributed by atoms with van der Waals surface area (Å²) in [4.78, 5) is 50.5. The summed E-state index contributed by atoms with van der Waals surface area (Å²) in [6.07, 6.45) is 3.98. The normalized spacial score (nSPS) is 26.2. The third-order valence-electron chi connectivity index (χ3n) is 5.32. The Bertz CT molecular complexity index is 567. The number of nitrogens with zero attached hydrogens (tertiary/aromatic N) is 2. The molecule has 0 aromatic heterocycles. The minimum atomic E-state index is -1.13. The Morgan fingerprint density at radius 1 is 1.32 bits per heavy atom. The van der Waals surface area contributed by atoms with Gasteiger partial charge in [0.2, 0.25) is 5.91 Å². The smallest absolute Gasteiger partial charge is 0.325 e. The molecule has 1 heterocycles. The fraction of sp³-hybridized carbons (Fsp3) is 0.765. The molecule has 1 aliphatic carbocycles. The largest absolute Gasteiger partial charge is 0.480 e. The van der Waals surface area contributed by atoms with E-state index in [1.54, 1.807) is 13.8 Å². The molecule has 1 spiro atoms. The molecular formula is C17H27N3O5. The van der Waals surface area contributed by atoms with Crippen molar-refractivity contribution in [2.24, 2.45) is 5.92 Å². The summed E-state index contributed by atoms with van der Waals surface area (Å²) in [6, 6.07) is -0.898. The first-order chi connectivity index (χ1) is 11.7. The van der Waals surface area contributed by atoms with E-state index in [0.717, 1.165) is 29.1 Å². The van der Waals surface area contributed by atoms with Crippen molar-refractivity contribution >= 4 is 23.8 Å². The standard InChI is InChI=1S/C17H27N3O5/c1-4-12-5-7-17(8-6-12)15(24)20(16(25)18-17)9-13(21)19(11(2)3)10-14(22)23/h11-12H,4-10H2,1-3H3,(H,18,25)(H,22,23). The first-order valence-corrected chi connectivity index (χ1v) is 8.85. The number of urea groups is 1. The van der Waals surface area contributed by atoms with Crippen molar-refractivity contribution in [3.8, 4) is 0 Å². The van der Waals surface area contributed by atoms with Gasteiger partial charge in [-0.05, 0) is 45.4 Å². The lowest BCUT2D eigenvalue weighted by atomic mass is 9.75. The number of aliphatic carboxylic acids is 1. The molecule has 1 aliphatic heterocycles. The zero-order valence-electron chi connectivity index (χ0n) is 15.1. The van der Waals surface area contributed by atoms with Crippen LogP contribution in [0.1, 0.15) is 52.9 Å². The average Bonchev–Trinajstić information content (AvgIpc) is 2.77. The van der Waals surface area contributed by atoms with Gasteiger partial charge in [0, 0.05) is 6.04 Å². The van der Waals surface area contributed by atoms with Gasteiger partial charge in [-0.15, -0.1) is 0 Å². The highest BCUT2D eigenvalue weighted by atomic mass is 16.4. The van der Waals surface area contributed by atoms with E-state index >= 15 is 0 Å². The van der Waals surface area contributed by atoms with Gasteiger partial charge in [-0.25, -0.2) is 4.79 Å². The van der Waals surface area contributed by atoms with Gasteiger partial charge in [0.25, 0.3) is 5.91 Å². The Hall–Kier alpha value is -2.12. The minimum Gasteiger partial charge on any atom is -0.480 e. The minimum absolute atomic E-state index is 0.335. The highest BCUT2D eigenvalue weighted by Crippen LogP contribution is 2.37. The molecular weight excluding hydrogens is 326 g/mol. The average molecular weight is 353 g/mol. The molecule has 0 unspecified atom stereocenters. The van der Waals surface area contributed by atoms with Crippen LogP contribution in [0.15, 0.2) is 0 Å². The van der Waals surface area contributed by atoms with Gasteiger partial charge in [-0.3, -0.25) is 19.3 Å². The molecule has 140 valence electrons. The van der Waals surface area contributed by atoms with Crippen LogP contribution in [0.2, 0.25) is 0 Å². The lowest BCUT2D eigenvalue weighted by Crippen LogP contribution is -2.50. The highest BCUT2D eigenvalue weighted by Gasteiger charge is 2.52. The molecule has 0 aromatic carbocycles. The van der Waals surface area contributed by atoms with E-state index in [2.05, 4.69) is 12.2 Å². The number of rotatable bonds is 6. The molecule has 8 heteroatoms. The summed E-state index contributed by atoms with van der Waals surface area (Å²) < 4.78 is 0. The first kappa shape index (κ1) is 19.2. The second-order valence-electron chi connectivity index (χ2n) is 7.26. The van der Waals surface area contributed by atoms with Crippen LogP contribution in [-0.4, -0.2) is 63.4 Å². The van der Waals surface area contributed by atoms with Crippen molar-refractivity contribution < 1.29 is 24.3 Å². The van der Waals surface area contributed by atoms with E-state index in [4.69, 9.17) is 5.11 Å². The van der Waals surface area contributed by atoms with Crippen molar-refractivity contribution in [1.29, 1.82) is 0 Å². The Kier molecular flexibility index (Phi) is 5.69. The lowest BCUT2D eigenvalue weighted by molar-refractivity contribution is -0.147. The number of hydrogen-bond acceptors (Lipinski definition) is 4. The van der Waals surface area contributed by atoms with Crippen molar-refractivity contribution in [1.82, 2.24) is 15.1 Å². The van der Waals surface area contributed by atoms with Gasteiger partial charge in [-0.2, -0.15) is 0 Å². The molecule has 2 N–H and O–H groups in total. The van der Waals surface area contributed by atoms with Gasteiger partial charge in [0.15, 0.2) is 0 Å². The van der Waals surface area contributed by atoms with Gasteiger partial charge >= 0.3 is 12.0 Å². The van der Waals surface area contributed by atoms with E-state index in [1.807, 2.05) is 0 Å². The fourth-order valence-corrected chi connectivity index (χ4v) is 3.67. The predicted molar refractivity (Wildman–Crippen MR) is 89.7 cm³/mol. The number of carboxylic acids is 1. The van der Waals surface area contributed by atoms with Gasteiger partial charge in [0.05, 0.1) is 0 Å². The summed E-state index contributed by atoms with van der Waals surface area (Å²) in [5.41, 5.74) is -0.890. The number of carboxylic acid groups (broad SMARTS) is 1. The molecule has 2 fully saturated rings. The van der Waals surface area contributed by atoms with E-state index in [0.29, 0.717) is 18.8 Å². The van der Waals surface area contributed by atoms with Crippen LogP contribution in [0.3, 0.4) is 0 Å². The van der Waals surface area contributed by atoms with Crippen molar-refractivity contribution in [2.75, 3.05) is 13.1 Å². The Morgan fingerprint density at radius 2 is 1.92 bits per heavy atom. The van der Waals surface area contributed by atoms with Crippen molar-refractivity contribution in [3.63, 3.8) is 0 Å². The van der Waals surface area contributed by atoms with Crippen molar-refractivity contribution in [3.05, 3.63) is 0 Å². The summed E-state index contributed by atoms with van der Waals surface area (Å²) >= 11 is 0. The Morgan fingerprint density at radius 3 is 2.40 bits per heavy atom. The molecule has 0 radical (unpaired) electrons. The van der Waals surface area contributed by atoms with Crippen LogP contribution >= 0.6 is 0 Å². The summed E-state index contributed by atoms with van der Waals surface area (Å²) in [5, 5.41) is 11.7. The van der Waals surface area contributed by atoms with Crippen LogP contribution < -0.4 is 5.32 Å². The monoisotopic (exact) mass is 353 g/mol. The quantitative estimate of drug-likeness (QED) is 0.698. The third kappa shape index (κ3) is 3.93. The maximum absolute atomic E-state index is 12.8. The molecule has 1 saturated carbocycles. The van der Waals surface area contributed by atoms with Gasteiger partial charge < -0.3 is 15.3 Å². The molecule has 8 nitrogen and oxygen atoms in total. The SMILES string of the molecule is CCC1CCC2(CC1)NC(=O)N(CC(=O)N(CC(=O)O)C(C)C)C2=O. The second kappa shape index (κ2) is 7.41. The topological polar surface area (TPSA) is 107 Å². The van der Waals surface area contributed by atoms with Crippen LogP contribution in [0.5, 0.6) is 0 Å². The summed E-state index contributed by atoms with van der Waals surface area (Å²) in [7, 11) is 0. The van der Waals surface area contributed by atoms with Crippen LogP contribution in [0, 0.1) is 5.92 Å². The van der Waals surface area contributed by atoms with E-state index in [9.17, 15) is 19.2 Å². The molecule has 1 saturated heterocycles. The zero-order chi connectivity index (χ0) is 18.8. The molecule has 4 amide bonds. The summed E-state index contributed by atoms with van der Waals surface area (Å²) in [5.74, 6) is -1.47. The molecule has 0 bridgehead atoms. The third-order valence-corrected chi connectivity index (χ3v) is 5.32. The maximum atomic E-state index is 12.8. The molecule has 0 atom stereocenters. The zero-order valence-corrected chi connectivity index (χ0v) is 15.1. The predicted octanol–water partition coefficient (Wildman–Crippen LogP) is 1.20. The lowest BCUT2D eigenvalue weighted by Gasteiger charge is -2.34. The number of hydrogen-bond donors (Lipinski definition) is 2. The molecule has 25 heavy (non-hydrogen) atoms. The van der Waals surface area contributed by atoms with E-state index in [1.165, 1.54) is 0 Å². The number of carbonyl (C=O) groups is 4. The summed E-state index contributed by atoms with van der Waals surface area (Å²) in [6.45, 7) is 4.63. The number of carbonyl (C=O) groups excluding carboxylic acids is 3. The van der Waals surface area contributed by atoms with E-state index in [-0.39, 0.29) is 11.9 Å². The first-order valence-electron chi connectivity index (χ1n) is 8.85. The second-order valence-corrected chi connectivity index (χ2v) is 7.26. The van der Waals surface area contributed by atoms with Crippen LogP contribution in [-0.2, 0) is 14.4 Å². The number of imide groups is 1. The van der Waals surface area contributed by atoms with E-state index < -0.39 is 36.5 Å². The van der Waals surface area contributed by atoms with Gasteiger partial charge in [0.1, 0.15) is 18.6 Å². The maximum Gasteiger partial charge on any atom is 0.325 e. The molecule has 0 aromatic rings. The fourth-order valence-electron chi connectivity index (χ4n) is 3.67.